The third kappa shape index (κ3) is 5.69. The Labute approximate surface area is 257 Å². The molecular weight excluding hydrogens is 560 g/mol. The summed E-state index contributed by atoms with van der Waals surface area (Å²) in [6, 6.07) is 11.8. The van der Waals surface area contributed by atoms with E-state index >= 15 is 0 Å². The fraction of sp³-hybridized carbons (Fsp3) is 0.500. The van der Waals surface area contributed by atoms with E-state index in [1.165, 1.54) is 4.90 Å². The van der Waals surface area contributed by atoms with Gasteiger partial charge in [0.15, 0.2) is 0 Å². The molecule has 3 atom stereocenters. The minimum Gasteiger partial charge on any atom is -0.493 e. The van der Waals surface area contributed by atoms with Crippen molar-refractivity contribution in [2.45, 2.75) is 63.8 Å². The molecule has 2 aromatic rings. The number of carbonyl (C=O) groups excluding carboxylic acids is 5. The van der Waals surface area contributed by atoms with Crippen molar-refractivity contribution >= 4 is 29.5 Å². The first-order chi connectivity index (χ1) is 21.3. The first-order valence-corrected chi connectivity index (χ1v) is 15.9. The highest BCUT2D eigenvalue weighted by Gasteiger charge is 2.44. The zero-order valence-corrected chi connectivity index (χ0v) is 25.0. The largest absolute Gasteiger partial charge is 0.493 e. The van der Waals surface area contributed by atoms with Gasteiger partial charge in [0.05, 0.1) is 30.3 Å². The second-order valence-corrected chi connectivity index (χ2v) is 12.3. The molecule has 0 radical (unpaired) electrons. The highest BCUT2D eigenvalue weighted by atomic mass is 16.5. The number of rotatable bonds is 9. The van der Waals surface area contributed by atoms with Crippen LogP contribution >= 0.6 is 0 Å². The van der Waals surface area contributed by atoms with Gasteiger partial charge in [-0.05, 0) is 62.3 Å². The van der Waals surface area contributed by atoms with Crippen LogP contribution in [0.5, 0.6) is 5.75 Å². The molecule has 2 N–H and O–H groups in total. The Morgan fingerprint density at radius 2 is 1.52 bits per heavy atom. The zero-order valence-electron chi connectivity index (χ0n) is 25.0. The van der Waals surface area contributed by atoms with Crippen LogP contribution in [0.4, 0.5) is 0 Å². The summed E-state index contributed by atoms with van der Waals surface area (Å²) >= 11 is 0. The van der Waals surface area contributed by atoms with E-state index in [0.29, 0.717) is 62.1 Å². The molecule has 3 aliphatic heterocycles. The Bertz CT molecular complexity index is 1430. The van der Waals surface area contributed by atoms with Crippen LogP contribution in [-0.4, -0.2) is 77.0 Å². The molecule has 0 spiro atoms. The number of hydrogen-bond donors (Lipinski definition) is 1. The number of carbonyl (C=O) groups is 5. The third-order valence-corrected chi connectivity index (χ3v) is 9.70. The van der Waals surface area contributed by atoms with E-state index in [-0.39, 0.29) is 18.4 Å². The third-order valence-electron chi connectivity index (χ3n) is 9.70. The van der Waals surface area contributed by atoms with Gasteiger partial charge >= 0.3 is 0 Å². The summed E-state index contributed by atoms with van der Waals surface area (Å²) < 4.78 is 6.29. The summed E-state index contributed by atoms with van der Waals surface area (Å²) in [4.78, 5) is 71.0. The molecule has 2 fully saturated rings. The lowest BCUT2D eigenvalue weighted by Crippen LogP contribution is -2.51. The molecule has 1 saturated carbocycles. The van der Waals surface area contributed by atoms with Crippen molar-refractivity contribution in [2.75, 3.05) is 32.8 Å². The fourth-order valence-corrected chi connectivity index (χ4v) is 7.41. The van der Waals surface area contributed by atoms with Crippen molar-refractivity contribution in [3.63, 3.8) is 0 Å². The molecule has 4 aliphatic rings. The average molecular weight is 601 g/mol. The van der Waals surface area contributed by atoms with Crippen LogP contribution in [0.25, 0.3) is 0 Å². The zero-order chi connectivity index (χ0) is 30.8. The number of amides is 5. The number of nitrogens with zero attached hydrogens (tertiary/aromatic N) is 3. The van der Waals surface area contributed by atoms with Crippen LogP contribution in [0.1, 0.15) is 89.3 Å². The molecule has 6 rings (SSSR count). The number of primary amides is 1. The van der Waals surface area contributed by atoms with E-state index in [2.05, 4.69) is 0 Å². The maximum absolute atomic E-state index is 14.3. The number of nitrogens with two attached hydrogens (primary N) is 1. The normalized spacial score (nSPS) is 23.0. The summed E-state index contributed by atoms with van der Waals surface area (Å²) in [7, 11) is 0. The van der Waals surface area contributed by atoms with Crippen molar-refractivity contribution in [1.82, 2.24) is 14.7 Å². The topological polar surface area (TPSA) is 130 Å². The lowest BCUT2D eigenvalue weighted by Gasteiger charge is -2.42. The summed E-state index contributed by atoms with van der Waals surface area (Å²) in [6.45, 7) is 2.29. The van der Waals surface area contributed by atoms with Gasteiger partial charge in [-0.3, -0.25) is 28.9 Å². The van der Waals surface area contributed by atoms with Crippen molar-refractivity contribution in [1.29, 1.82) is 0 Å². The molecule has 5 amide bonds. The standard InChI is InChI=1S/C34H40N4O6/c35-31(40)23-10-1-2-11-24(23)32(41)37-19-16-22-9-7-14-28(44-20-8-15-29(39)36-17-5-6-18-36)30(22)27(37)21-38-33(42)25-12-3-4-13-26(25)34(38)43/h3-4,7,9,12-14,23-24,27H,1-2,5-6,8,10-11,15-21H2,(H2,35,40)/t23-,24?,27-/m1/s1. The Hall–Kier alpha value is -4.21. The highest BCUT2D eigenvalue weighted by molar-refractivity contribution is 6.21. The lowest BCUT2D eigenvalue weighted by atomic mass is 9.77. The summed E-state index contributed by atoms with van der Waals surface area (Å²) in [5.74, 6) is -1.80. The molecule has 1 saturated heterocycles. The predicted octanol–water partition coefficient (Wildman–Crippen LogP) is 3.48. The molecule has 232 valence electrons. The molecule has 10 heteroatoms. The van der Waals surface area contributed by atoms with E-state index in [1.54, 1.807) is 29.2 Å². The molecule has 0 bridgehead atoms. The number of fused-ring (bicyclic) bond motifs is 2. The van der Waals surface area contributed by atoms with Gasteiger partial charge in [0.25, 0.3) is 11.8 Å². The summed E-state index contributed by atoms with van der Waals surface area (Å²) in [6.07, 6.45) is 6.42. The van der Waals surface area contributed by atoms with E-state index in [0.717, 1.165) is 49.9 Å². The Balaban J connectivity index is 1.28. The smallest absolute Gasteiger partial charge is 0.261 e. The van der Waals surface area contributed by atoms with Gasteiger partial charge in [-0.25, -0.2) is 0 Å². The quantitative estimate of drug-likeness (QED) is 0.347. The first-order valence-electron chi connectivity index (χ1n) is 15.9. The molecule has 1 aliphatic carbocycles. The Morgan fingerprint density at radius 1 is 0.841 bits per heavy atom. The minimum absolute atomic E-state index is 0.0349. The second kappa shape index (κ2) is 12.8. The molecular formula is C34H40N4O6. The number of ether oxygens (including phenoxy) is 1. The van der Waals surface area contributed by atoms with Crippen molar-refractivity contribution in [3.05, 3.63) is 64.7 Å². The van der Waals surface area contributed by atoms with Gasteiger partial charge in [-0.1, -0.05) is 37.1 Å². The Kier molecular flexibility index (Phi) is 8.68. The van der Waals surface area contributed by atoms with Crippen LogP contribution < -0.4 is 10.5 Å². The lowest BCUT2D eigenvalue weighted by molar-refractivity contribution is -0.145. The van der Waals surface area contributed by atoms with Gasteiger partial charge in [-0.15, -0.1) is 0 Å². The monoisotopic (exact) mass is 600 g/mol. The maximum Gasteiger partial charge on any atom is 0.261 e. The van der Waals surface area contributed by atoms with Crippen LogP contribution in [0.3, 0.4) is 0 Å². The van der Waals surface area contributed by atoms with E-state index in [9.17, 15) is 24.0 Å². The van der Waals surface area contributed by atoms with Crippen LogP contribution in [0, 0.1) is 11.8 Å². The van der Waals surface area contributed by atoms with Gasteiger partial charge in [0, 0.05) is 43.5 Å². The van der Waals surface area contributed by atoms with Gasteiger partial charge < -0.3 is 20.3 Å². The van der Waals surface area contributed by atoms with Crippen LogP contribution in [0.2, 0.25) is 0 Å². The maximum atomic E-state index is 14.3. The summed E-state index contributed by atoms with van der Waals surface area (Å²) in [5.41, 5.74) is 8.19. The molecule has 10 nitrogen and oxygen atoms in total. The summed E-state index contributed by atoms with van der Waals surface area (Å²) in [5, 5.41) is 0. The number of benzene rings is 2. The van der Waals surface area contributed by atoms with Crippen LogP contribution in [0.15, 0.2) is 42.5 Å². The SMILES string of the molecule is NC(=O)[C@@H]1CCCCC1C(=O)N1CCc2cccc(OCCCC(=O)N3CCCC3)c2[C@H]1CN1C(=O)c2ccccc2C1=O. The van der Waals surface area contributed by atoms with Gasteiger partial charge in [0.1, 0.15) is 5.75 Å². The molecule has 1 unspecified atom stereocenters. The fourth-order valence-electron chi connectivity index (χ4n) is 7.41. The first kappa shape index (κ1) is 29.8. The second-order valence-electron chi connectivity index (χ2n) is 12.3. The van der Waals surface area contributed by atoms with E-state index in [4.69, 9.17) is 10.5 Å². The van der Waals surface area contributed by atoms with E-state index in [1.807, 2.05) is 23.1 Å². The van der Waals surface area contributed by atoms with Crippen LogP contribution in [-0.2, 0) is 20.8 Å². The Morgan fingerprint density at radius 3 is 2.20 bits per heavy atom. The average Bonchev–Trinajstić information content (AvgIpc) is 3.67. The van der Waals surface area contributed by atoms with E-state index < -0.39 is 35.6 Å². The molecule has 2 aromatic carbocycles. The predicted molar refractivity (Wildman–Crippen MR) is 162 cm³/mol. The van der Waals surface area contributed by atoms with Gasteiger partial charge in [-0.2, -0.15) is 0 Å². The molecule has 3 heterocycles. The number of imide groups is 1. The number of likely N-dealkylation sites (tertiary alicyclic amines) is 1. The molecule has 44 heavy (non-hydrogen) atoms. The molecule has 0 aromatic heterocycles. The van der Waals surface area contributed by atoms with Crippen molar-refractivity contribution in [2.24, 2.45) is 17.6 Å². The minimum atomic E-state index is -0.661. The number of hydrogen-bond acceptors (Lipinski definition) is 6. The van der Waals surface area contributed by atoms with Gasteiger partial charge in [0.2, 0.25) is 17.7 Å². The highest BCUT2D eigenvalue weighted by Crippen LogP contribution is 2.41. The van der Waals surface area contributed by atoms with Crippen molar-refractivity contribution < 1.29 is 28.7 Å². The van der Waals surface area contributed by atoms with Crippen molar-refractivity contribution in [3.8, 4) is 5.75 Å².